The minimum absolute atomic E-state index is 0.789. The molecule has 0 aromatic rings. The lowest BCUT2D eigenvalue weighted by atomic mass is 9.96. The zero-order valence-electron chi connectivity index (χ0n) is 6.64. The van der Waals surface area contributed by atoms with Gasteiger partial charge in [-0.2, -0.15) is 13.2 Å². The van der Waals surface area contributed by atoms with Gasteiger partial charge in [-0.3, -0.25) is 0 Å². The highest BCUT2D eigenvalue weighted by Crippen LogP contribution is 2.37. The van der Waals surface area contributed by atoms with E-state index in [0.29, 0.717) is 0 Å². The Kier molecular flexibility index (Phi) is 2.81. The van der Waals surface area contributed by atoms with E-state index in [-0.39, 0.29) is 0 Å². The van der Waals surface area contributed by atoms with Gasteiger partial charge in [0.15, 0.2) is 0 Å². The van der Waals surface area contributed by atoms with Crippen molar-refractivity contribution in [1.29, 1.82) is 0 Å². The fourth-order valence-corrected chi connectivity index (χ4v) is 1.75. The van der Waals surface area contributed by atoms with Crippen LogP contribution >= 0.6 is 0 Å². The van der Waals surface area contributed by atoms with Gasteiger partial charge in [0.25, 0.3) is 0 Å². The Balaban J connectivity index is 4.67. The summed E-state index contributed by atoms with van der Waals surface area (Å²) < 4.78 is 56.9. The standard InChI is InChI=1S/C5H10F3NO2S/c1-4(2,5(6,7)8)3-12(9,10)11/h3H2,1-2H3,(H2,9,10,11). The van der Waals surface area contributed by atoms with E-state index in [9.17, 15) is 21.6 Å². The molecule has 3 nitrogen and oxygen atoms in total. The van der Waals surface area contributed by atoms with Gasteiger partial charge in [-0.25, -0.2) is 13.6 Å². The van der Waals surface area contributed by atoms with Crippen molar-refractivity contribution in [2.75, 3.05) is 5.75 Å². The molecule has 74 valence electrons. The van der Waals surface area contributed by atoms with Gasteiger partial charge >= 0.3 is 6.18 Å². The van der Waals surface area contributed by atoms with Gasteiger partial charge in [-0.1, -0.05) is 13.8 Å². The van der Waals surface area contributed by atoms with E-state index < -0.39 is 27.4 Å². The zero-order chi connectivity index (χ0) is 10.2. The van der Waals surface area contributed by atoms with Crippen molar-refractivity contribution >= 4 is 10.0 Å². The highest BCUT2D eigenvalue weighted by atomic mass is 32.2. The van der Waals surface area contributed by atoms with E-state index in [1.165, 1.54) is 0 Å². The van der Waals surface area contributed by atoms with Gasteiger partial charge in [0.2, 0.25) is 10.0 Å². The van der Waals surface area contributed by atoms with Crippen LogP contribution in [0.2, 0.25) is 0 Å². The van der Waals surface area contributed by atoms with Crippen LogP contribution in [0.4, 0.5) is 13.2 Å². The second kappa shape index (κ2) is 2.88. The number of alkyl halides is 3. The Hall–Kier alpha value is -0.300. The predicted octanol–water partition coefficient (Wildman–Crippen LogP) is 0.863. The molecule has 0 rings (SSSR count). The highest BCUT2D eigenvalue weighted by Gasteiger charge is 2.49. The summed E-state index contributed by atoms with van der Waals surface area (Å²) in [6.07, 6.45) is -4.56. The number of nitrogens with two attached hydrogens (primary N) is 1. The van der Waals surface area contributed by atoms with Gasteiger partial charge in [0.05, 0.1) is 11.2 Å². The Morgan fingerprint density at radius 3 is 1.67 bits per heavy atom. The molecule has 0 spiro atoms. The molecule has 0 saturated heterocycles. The molecule has 0 amide bonds. The molecule has 0 bridgehead atoms. The minimum Gasteiger partial charge on any atom is -0.229 e. The van der Waals surface area contributed by atoms with Crippen LogP contribution in [0.5, 0.6) is 0 Å². The van der Waals surface area contributed by atoms with Crippen molar-refractivity contribution in [2.45, 2.75) is 20.0 Å². The molecule has 0 aliphatic heterocycles. The summed E-state index contributed by atoms with van der Waals surface area (Å²) in [5.41, 5.74) is -2.29. The molecular formula is C5H10F3NO2S. The van der Waals surface area contributed by atoms with Crippen molar-refractivity contribution in [2.24, 2.45) is 10.6 Å². The average molecular weight is 205 g/mol. The van der Waals surface area contributed by atoms with E-state index in [2.05, 4.69) is 5.14 Å². The average Bonchev–Trinajstić information content (AvgIpc) is 1.52. The monoisotopic (exact) mass is 205 g/mol. The summed E-state index contributed by atoms with van der Waals surface area (Å²) in [6.45, 7) is 1.58. The third kappa shape index (κ3) is 3.40. The van der Waals surface area contributed by atoms with Crippen molar-refractivity contribution in [3.8, 4) is 0 Å². The molecule has 0 fully saturated rings. The van der Waals surface area contributed by atoms with Crippen LogP contribution < -0.4 is 5.14 Å². The summed E-state index contributed by atoms with van der Waals surface area (Å²) >= 11 is 0. The van der Waals surface area contributed by atoms with E-state index in [0.717, 1.165) is 13.8 Å². The molecule has 0 aliphatic rings. The van der Waals surface area contributed by atoms with Crippen LogP contribution in [0.1, 0.15) is 13.8 Å². The Morgan fingerprint density at radius 2 is 1.58 bits per heavy atom. The summed E-state index contributed by atoms with van der Waals surface area (Å²) in [6, 6.07) is 0. The largest absolute Gasteiger partial charge is 0.395 e. The molecule has 0 aliphatic carbocycles. The summed E-state index contributed by atoms with van der Waals surface area (Å²) in [5, 5.41) is 4.49. The van der Waals surface area contributed by atoms with Crippen LogP contribution in [-0.2, 0) is 10.0 Å². The first-order valence-electron chi connectivity index (χ1n) is 3.03. The van der Waals surface area contributed by atoms with Crippen LogP contribution in [0.25, 0.3) is 0 Å². The molecule has 0 saturated carbocycles. The SMILES string of the molecule is CC(C)(CS(N)(=O)=O)C(F)(F)F. The van der Waals surface area contributed by atoms with E-state index in [4.69, 9.17) is 0 Å². The quantitative estimate of drug-likeness (QED) is 0.726. The molecule has 0 aromatic heterocycles. The summed E-state index contributed by atoms with van der Waals surface area (Å²) in [4.78, 5) is 0. The maximum atomic E-state index is 12.0. The fraction of sp³-hybridized carbons (Fsp3) is 1.00. The van der Waals surface area contributed by atoms with Crippen molar-refractivity contribution in [3.63, 3.8) is 0 Å². The third-order valence-electron chi connectivity index (χ3n) is 1.33. The van der Waals surface area contributed by atoms with E-state index in [1.54, 1.807) is 0 Å². The van der Waals surface area contributed by atoms with Gasteiger partial charge in [-0.05, 0) is 0 Å². The summed E-state index contributed by atoms with van der Waals surface area (Å²) in [5.74, 6) is -1.09. The Morgan fingerprint density at radius 1 is 1.25 bits per heavy atom. The van der Waals surface area contributed by atoms with Crippen molar-refractivity contribution < 1.29 is 21.6 Å². The molecule has 12 heavy (non-hydrogen) atoms. The smallest absolute Gasteiger partial charge is 0.229 e. The zero-order valence-corrected chi connectivity index (χ0v) is 7.46. The van der Waals surface area contributed by atoms with Crippen LogP contribution in [-0.4, -0.2) is 20.3 Å². The molecule has 0 heterocycles. The number of hydrogen-bond donors (Lipinski definition) is 1. The normalized spacial score (nSPS) is 14.8. The summed E-state index contributed by atoms with van der Waals surface area (Å²) in [7, 11) is -4.08. The molecule has 0 unspecified atom stereocenters. The van der Waals surface area contributed by atoms with Gasteiger partial charge in [0, 0.05) is 0 Å². The fourth-order valence-electron chi connectivity index (χ4n) is 0.585. The molecular weight excluding hydrogens is 195 g/mol. The molecule has 7 heteroatoms. The number of rotatable bonds is 2. The van der Waals surface area contributed by atoms with Crippen LogP contribution in [0.15, 0.2) is 0 Å². The lowest BCUT2D eigenvalue weighted by molar-refractivity contribution is -0.203. The first-order valence-corrected chi connectivity index (χ1v) is 4.74. The molecule has 0 aromatic carbocycles. The minimum atomic E-state index is -4.56. The number of sulfonamides is 1. The first-order chi connectivity index (χ1) is 4.96. The number of halogens is 3. The lowest BCUT2D eigenvalue weighted by Crippen LogP contribution is -2.40. The van der Waals surface area contributed by atoms with Crippen molar-refractivity contribution in [1.82, 2.24) is 0 Å². The van der Waals surface area contributed by atoms with Crippen LogP contribution in [0.3, 0.4) is 0 Å². The lowest BCUT2D eigenvalue weighted by Gasteiger charge is -2.26. The van der Waals surface area contributed by atoms with Crippen LogP contribution in [0, 0.1) is 5.41 Å². The first kappa shape index (κ1) is 11.7. The predicted molar refractivity (Wildman–Crippen MR) is 37.8 cm³/mol. The Labute approximate surface area is 68.8 Å². The Bertz CT molecular complexity index is 254. The highest BCUT2D eigenvalue weighted by molar-refractivity contribution is 7.89. The molecule has 2 N–H and O–H groups in total. The van der Waals surface area contributed by atoms with Gasteiger partial charge in [-0.15, -0.1) is 0 Å². The number of primary sulfonamides is 1. The maximum absolute atomic E-state index is 12.0. The topological polar surface area (TPSA) is 60.2 Å². The van der Waals surface area contributed by atoms with Gasteiger partial charge in [0.1, 0.15) is 0 Å². The van der Waals surface area contributed by atoms with Crippen molar-refractivity contribution in [3.05, 3.63) is 0 Å². The van der Waals surface area contributed by atoms with E-state index >= 15 is 0 Å². The molecule has 0 radical (unpaired) electrons. The third-order valence-corrected chi connectivity index (χ3v) is 2.45. The maximum Gasteiger partial charge on any atom is 0.395 e. The number of hydrogen-bond acceptors (Lipinski definition) is 2. The second-order valence-corrected chi connectivity index (χ2v) is 4.80. The molecule has 0 atom stereocenters. The van der Waals surface area contributed by atoms with E-state index in [1.807, 2.05) is 0 Å². The van der Waals surface area contributed by atoms with Gasteiger partial charge < -0.3 is 0 Å². The second-order valence-electron chi connectivity index (χ2n) is 3.19.